The number of methoxy groups -OCH3 is 1. The third-order valence-corrected chi connectivity index (χ3v) is 6.61. The lowest BCUT2D eigenvalue weighted by Crippen LogP contribution is -2.47. The highest BCUT2D eigenvalue weighted by molar-refractivity contribution is 7.91. The highest BCUT2D eigenvalue weighted by Crippen LogP contribution is 2.29. The average molecular weight is 376 g/mol. The number of ether oxygens (including phenoxy) is 1. The quantitative estimate of drug-likeness (QED) is 0.790. The number of piperazine rings is 1. The van der Waals surface area contributed by atoms with Crippen molar-refractivity contribution >= 4 is 21.3 Å². The molecule has 1 aromatic heterocycles. The van der Waals surface area contributed by atoms with Crippen molar-refractivity contribution in [1.82, 2.24) is 10.2 Å². The van der Waals surface area contributed by atoms with E-state index in [0.717, 1.165) is 37.6 Å². The first-order chi connectivity index (χ1) is 12.4. The zero-order chi connectivity index (χ0) is 18.7. The molecular formula is C18H24N4O3S. The number of hydrogen-bond acceptors (Lipinski definition) is 7. The number of aromatic nitrogens is 2. The van der Waals surface area contributed by atoms with Gasteiger partial charge in [0.2, 0.25) is 0 Å². The molecule has 2 aromatic rings. The van der Waals surface area contributed by atoms with Crippen molar-refractivity contribution in [2.45, 2.75) is 24.1 Å². The van der Waals surface area contributed by atoms with E-state index in [4.69, 9.17) is 4.74 Å². The van der Waals surface area contributed by atoms with Crippen LogP contribution in [0.25, 0.3) is 0 Å². The van der Waals surface area contributed by atoms with Crippen LogP contribution in [-0.4, -0.2) is 57.2 Å². The van der Waals surface area contributed by atoms with Crippen LogP contribution in [0.3, 0.4) is 0 Å². The number of hydrogen-bond donors (Lipinski definition) is 0. The largest absolute Gasteiger partial charge is 0.495 e. The van der Waals surface area contributed by atoms with Gasteiger partial charge in [-0.3, -0.25) is 0 Å². The minimum Gasteiger partial charge on any atom is -0.495 e. The molecule has 0 aliphatic carbocycles. The Morgan fingerprint density at radius 1 is 0.962 bits per heavy atom. The Bertz CT molecular complexity index is 845. The molecule has 0 unspecified atom stereocenters. The van der Waals surface area contributed by atoms with Gasteiger partial charge in [0.15, 0.2) is 20.7 Å². The summed E-state index contributed by atoms with van der Waals surface area (Å²) in [7, 11) is -1.71. The van der Waals surface area contributed by atoms with Gasteiger partial charge in [0.05, 0.1) is 18.0 Å². The monoisotopic (exact) mass is 376 g/mol. The molecule has 140 valence electrons. The normalized spacial score (nSPS) is 15.4. The van der Waals surface area contributed by atoms with Crippen LogP contribution in [0.1, 0.15) is 13.8 Å². The van der Waals surface area contributed by atoms with Crippen LogP contribution in [-0.2, 0) is 9.84 Å². The number of rotatable bonds is 5. The Morgan fingerprint density at radius 2 is 1.62 bits per heavy atom. The van der Waals surface area contributed by atoms with E-state index in [9.17, 15) is 8.42 Å². The van der Waals surface area contributed by atoms with E-state index in [1.165, 1.54) is 0 Å². The zero-order valence-corrected chi connectivity index (χ0v) is 16.1. The van der Waals surface area contributed by atoms with Crippen LogP contribution < -0.4 is 14.5 Å². The summed E-state index contributed by atoms with van der Waals surface area (Å²) < 4.78 is 29.7. The number of nitrogens with zero attached hydrogens (tertiary/aromatic N) is 4. The standard InChI is InChI=1S/C18H24N4O3S/c1-14(2)26(23,24)18-9-8-17(19-20-18)22-12-10-21(11-13-22)15-6-4-5-7-16(15)25-3/h4-9,14H,10-13H2,1-3H3. The van der Waals surface area contributed by atoms with Crippen molar-refractivity contribution in [2.75, 3.05) is 43.1 Å². The van der Waals surface area contributed by atoms with Gasteiger partial charge in [-0.2, -0.15) is 0 Å². The van der Waals surface area contributed by atoms with Crippen molar-refractivity contribution in [3.8, 4) is 5.75 Å². The fourth-order valence-corrected chi connectivity index (χ4v) is 3.84. The van der Waals surface area contributed by atoms with E-state index < -0.39 is 15.1 Å². The summed E-state index contributed by atoms with van der Waals surface area (Å²) in [4.78, 5) is 4.39. The second-order valence-corrected chi connectivity index (χ2v) is 8.92. The second-order valence-electron chi connectivity index (χ2n) is 6.47. The van der Waals surface area contributed by atoms with Crippen LogP contribution in [0.15, 0.2) is 41.4 Å². The summed E-state index contributed by atoms with van der Waals surface area (Å²) >= 11 is 0. The van der Waals surface area contributed by atoms with E-state index in [1.54, 1.807) is 33.1 Å². The van der Waals surface area contributed by atoms with Gasteiger partial charge in [0.25, 0.3) is 0 Å². The van der Waals surface area contributed by atoms with Crippen molar-refractivity contribution < 1.29 is 13.2 Å². The molecule has 7 nitrogen and oxygen atoms in total. The van der Waals surface area contributed by atoms with Gasteiger partial charge < -0.3 is 14.5 Å². The van der Waals surface area contributed by atoms with Crippen LogP contribution in [0.5, 0.6) is 5.75 Å². The summed E-state index contributed by atoms with van der Waals surface area (Å²) in [5.41, 5.74) is 1.08. The number of anilines is 2. The molecule has 0 amide bonds. The van der Waals surface area contributed by atoms with E-state index in [-0.39, 0.29) is 5.03 Å². The van der Waals surface area contributed by atoms with Gasteiger partial charge in [0.1, 0.15) is 5.75 Å². The van der Waals surface area contributed by atoms with Gasteiger partial charge in [-0.15, -0.1) is 10.2 Å². The van der Waals surface area contributed by atoms with Gasteiger partial charge in [-0.25, -0.2) is 8.42 Å². The molecule has 1 fully saturated rings. The molecule has 1 saturated heterocycles. The van der Waals surface area contributed by atoms with Gasteiger partial charge >= 0.3 is 0 Å². The first-order valence-electron chi connectivity index (χ1n) is 8.64. The molecule has 1 aliphatic heterocycles. The van der Waals surface area contributed by atoms with Gasteiger partial charge in [-0.05, 0) is 38.1 Å². The molecule has 1 aliphatic rings. The number of benzene rings is 1. The third-order valence-electron chi connectivity index (χ3n) is 4.57. The molecule has 26 heavy (non-hydrogen) atoms. The summed E-state index contributed by atoms with van der Waals surface area (Å²) in [5.74, 6) is 1.57. The highest BCUT2D eigenvalue weighted by Gasteiger charge is 2.23. The molecule has 1 aromatic carbocycles. The molecule has 0 atom stereocenters. The Labute approximate surface area is 154 Å². The Balaban J connectivity index is 1.69. The Hall–Kier alpha value is -2.35. The fourth-order valence-electron chi connectivity index (χ4n) is 2.94. The molecule has 3 rings (SSSR count). The molecular weight excluding hydrogens is 352 g/mol. The van der Waals surface area contributed by atoms with Gasteiger partial charge in [0, 0.05) is 26.2 Å². The number of para-hydroxylation sites is 2. The van der Waals surface area contributed by atoms with Crippen LogP contribution >= 0.6 is 0 Å². The molecule has 0 N–H and O–H groups in total. The van der Waals surface area contributed by atoms with Crippen LogP contribution in [0, 0.1) is 0 Å². The lowest BCUT2D eigenvalue weighted by molar-refractivity contribution is 0.413. The topological polar surface area (TPSA) is 75.6 Å². The van der Waals surface area contributed by atoms with Crippen molar-refractivity contribution in [3.63, 3.8) is 0 Å². The summed E-state index contributed by atoms with van der Waals surface area (Å²) in [6.45, 7) is 6.50. The zero-order valence-electron chi connectivity index (χ0n) is 15.3. The first kappa shape index (κ1) is 18.4. The SMILES string of the molecule is COc1ccccc1N1CCN(c2ccc(S(=O)(=O)C(C)C)nn2)CC1. The van der Waals surface area contributed by atoms with E-state index in [2.05, 4.69) is 26.1 Å². The third kappa shape index (κ3) is 3.60. The maximum atomic E-state index is 12.1. The fraction of sp³-hybridized carbons (Fsp3) is 0.444. The summed E-state index contributed by atoms with van der Waals surface area (Å²) in [5, 5.41) is 7.60. The van der Waals surface area contributed by atoms with Crippen molar-refractivity contribution in [3.05, 3.63) is 36.4 Å². The molecule has 0 radical (unpaired) electrons. The first-order valence-corrected chi connectivity index (χ1v) is 10.2. The second kappa shape index (κ2) is 7.49. The lowest BCUT2D eigenvalue weighted by Gasteiger charge is -2.37. The summed E-state index contributed by atoms with van der Waals surface area (Å²) in [6, 6.07) is 11.3. The van der Waals surface area contributed by atoms with Crippen LogP contribution in [0.2, 0.25) is 0 Å². The lowest BCUT2D eigenvalue weighted by atomic mass is 10.2. The number of sulfone groups is 1. The molecule has 0 spiro atoms. The van der Waals surface area contributed by atoms with E-state index in [0.29, 0.717) is 5.82 Å². The smallest absolute Gasteiger partial charge is 0.199 e. The Morgan fingerprint density at radius 3 is 2.19 bits per heavy atom. The minimum absolute atomic E-state index is 0.0314. The highest BCUT2D eigenvalue weighted by atomic mass is 32.2. The van der Waals surface area contributed by atoms with E-state index >= 15 is 0 Å². The molecule has 0 bridgehead atoms. The predicted molar refractivity (Wildman–Crippen MR) is 102 cm³/mol. The predicted octanol–water partition coefficient (Wildman–Crippen LogP) is 1.99. The molecule has 8 heteroatoms. The Kier molecular flexibility index (Phi) is 5.31. The maximum Gasteiger partial charge on any atom is 0.199 e. The molecule has 0 saturated carbocycles. The van der Waals surface area contributed by atoms with Gasteiger partial charge in [-0.1, -0.05) is 12.1 Å². The van der Waals surface area contributed by atoms with Crippen molar-refractivity contribution in [2.24, 2.45) is 0 Å². The molecule has 2 heterocycles. The average Bonchev–Trinajstić information content (AvgIpc) is 2.68. The van der Waals surface area contributed by atoms with Crippen LogP contribution in [0.4, 0.5) is 11.5 Å². The minimum atomic E-state index is -3.39. The van der Waals surface area contributed by atoms with Crippen molar-refractivity contribution in [1.29, 1.82) is 0 Å². The summed E-state index contributed by atoms with van der Waals surface area (Å²) in [6.07, 6.45) is 0. The van der Waals surface area contributed by atoms with E-state index in [1.807, 2.05) is 18.2 Å². The maximum absolute atomic E-state index is 12.1.